The van der Waals surface area contributed by atoms with Gasteiger partial charge in [0.1, 0.15) is 27.4 Å². The summed E-state index contributed by atoms with van der Waals surface area (Å²) in [6.07, 6.45) is 3.35. The molecule has 0 atom stereocenters. The summed E-state index contributed by atoms with van der Waals surface area (Å²) in [5.41, 5.74) is -3.18. The van der Waals surface area contributed by atoms with Gasteiger partial charge < -0.3 is 29.8 Å². The van der Waals surface area contributed by atoms with Gasteiger partial charge in [-0.05, 0) is 152 Å². The maximum atomic E-state index is 12.4. The average Bonchev–Trinajstić information content (AvgIpc) is 1.48. The molecule has 4 aromatic carbocycles. The summed E-state index contributed by atoms with van der Waals surface area (Å²) in [4.78, 5) is 32.9. The highest BCUT2D eigenvalue weighted by Gasteiger charge is 2.57. The van der Waals surface area contributed by atoms with E-state index in [1.165, 1.54) is 42.6 Å². The Hall–Kier alpha value is -8.32. The maximum absolute atomic E-state index is 12.4. The van der Waals surface area contributed by atoms with E-state index >= 15 is 0 Å². The van der Waals surface area contributed by atoms with Crippen LogP contribution in [0.2, 0.25) is 20.1 Å². The predicted octanol–water partition coefficient (Wildman–Crippen LogP) is 15.9. The molecule has 521 valence electrons. The summed E-state index contributed by atoms with van der Waals surface area (Å²) in [6.45, 7) is 7.20. The SMILES string of the molecule is C.Cc1nc(-c2ccccc2-c2ccc3ncc(C(N)=O)n3c2)ccc1Cl.Cc1nc(-c2ccccc2O)ccc1Cl.Cc1nc(-c2ccccc2OS(=O)(=O)C(F)(F)F)ccc1Cl.Cc1nc(Br)ccc1Cl.O=S(=O)(OS(=O)(=O)C(F)(F)F)C(F)(F)F.O[B]Oc1ccccc1O. The van der Waals surface area contributed by atoms with Crippen LogP contribution < -0.4 is 14.6 Å². The molecule has 0 aliphatic rings. The molecule has 0 aliphatic heterocycles. The molecule has 0 spiro atoms. The number of alkyl halides is 9. The van der Waals surface area contributed by atoms with E-state index in [2.05, 4.69) is 49.7 Å². The van der Waals surface area contributed by atoms with Gasteiger partial charge in [-0.2, -0.15) is 64.8 Å². The zero-order valence-corrected chi connectivity index (χ0v) is 56.5. The molecule has 0 saturated heterocycles. The molecule has 0 saturated carbocycles. The number of phenols is 2. The molecule has 10 rings (SSSR count). The molecule has 98 heavy (non-hydrogen) atoms. The molecule has 5 N–H and O–H groups in total. The molecular weight excluding hydrogens is 1530 g/mol. The second-order valence-electron chi connectivity index (χ2n) is 18.7. The molecule has 0 fully saturated rings. The van der Waals surface area contributed by atoms with Gasteiger partial charge in [0.25, 0.3) is 5.91 Å². The topological polar surface area (TPSA) is 303 Å². The number of pyridine rings is 5. The van der Waals surface area contributed by atoms with Gasteiger partial charge in [0.15, 0.2) is 11.5 Å². The molecule has 0 unspecified atom stereocenters. The number of hydrogen-bond donors (Lipinski definition) is 4. The number of fused-ring (bicyclic) bond motifs is 1. The minimum atomic E-state index is -6.85. The van der Waals surface area contributed by atoms with Crippen LogP contribution in [-0.4, -0.2) is 99.9 Å². The summed E-state index contributed by atoms with van der Waals surface area (Å²) >= 11 is 26.8. The number of benzene rings is 4. The number of carbonyl (C=O) groups is 1. The van der Waals surface area contributed by atoms with Crippen molar-refractivity contribution >= 4 is 112 Å². The molecule has 20 nitrogen and oxygen atoms in total. The number of nitrogens with zero attached hydrogens (tertiary/aromatic N) is 6. The summed E-state index contributed by atoms with van der Waals surface area (Å²) in [6, 6.07) is 44.6. The number of aromatic nitrogens is 6. The third kappa shape index (κ3) is 22.6. The van der Waals surface area contributed by atoms with Gasteiger partial charge in [-0.3, -0.25) is 24.1 Å². The number of phenolic OH excluding ortho intramolecular Hbond substituents is 2. The van der Waals surface area contributed by atoms with Crippen LogP contribution in [-0.2, 0) is 34.0 Å². The van der Waals surface area contributed by atoms with E-state index in [1.807, 2.05) is 103 Å². The molecule has 6 heterocycles. The smallest absolute Gasteiger partial charge is 0.535 e. The minimum absolute atomic E-state index is 0. The molecule has 0 aliphatic carbocycles. The van der Waals surface area contributed by atoms with Crippen LogP contribution in [0.1, 0.15) is 40.7 Å². The normalized spacial score (nSPS) is 11.4. The van der Waals surface area contributed by atoms with Gasteiger partial charge in [0.2, 0.25) is 0 Å². The number of hydrogen-bond acceptors (Lipinski definition) is 18. The van der Waals surface area contributed by atoms with Crippen LogP contribution in [0.15, 0.2) is 175 Å². The number of aromatic hydroxyl groups is 2. The second kappa shape index (κ2) is 34.9. The number of para-hydroxylation sites is 4. The average molecular weight is 1580 g/mol. The number of nitrogens with two attached hydrogens (primary N) is 1. The molecule has 6 aromatic heterocycles. The van der Waals surface area contributed by atoms with Crippen molar-refractivity contribution in [1.29, 1.82) is 0 Å². The van der Waals surface area contributed by atoms with Crippen LogP contribution in [0.4, 0.5) is 39.5 Å². The lowest BCUT2D eigenvalue weighted by Gasteiger charge is -2.13. The highest BCUT2D eigenvalue weighted by atomic mass is 79.9. The van der Waals surface area contributed by atoms with Gasteiger partial charge in [0, 0.05) is 22.9 Å². The van der Waals surface area contributed by atoms with Crippen LogP contribution in [0.25, 0.3) is 50.5 Å². The van der Waals surface area contributed by atoms with Crippen molar-refractivity contribution < 1.29 is 97.3 Å². The quantitative estimate of drug-likeness (QED) is 0.0307. The lowest BCUT2D eigenvalue weighted by molar-refractivity contribution is -0.0586. The van der Waals surface area contributed by atoms with Gasteiger partial charge >= 0.3 is 54.6 Å². The number of rotatable bonds is 11. The maximum Gasteiger partial charge on any atom is 0.569 e. The van der Waals surface area contributed by atoms with E-state index in [9.17, 15) is 74.7 Å². The predicted molar refractivity (Wildman–Crippen MR) is 354 cm³/mol. The standard InChI is InChI=1S/C20H15ClN4O.C13H9ClF3NO3S.C12H10ClNO.C6H6BO3.C6H5BrClN.C2F6O5S2.CH4/c1-12-16(21)7-8-17(24-12)15-5-3-2-4-14(15)13-6-9-19-23-10-18(20(22)26)25(19)11-13;1-8-10(14)6-7-11(18-8)9-4-2-3-5-12(9)21-22(19,20)13(15,16)17;1-8-10(13)6-7-11(14-8)9-4-2-3-5-12(9)15;8-5-3-1-2-4-6(5)10-7-9;1-4-5(8)2-3-6(7)9-4;3-1(4,5)14(9,10)13-15(11,12)2(6,7)8;/h2-11H,1H3,(H2,22,26);2-7H,1H3;2-7,15H,1H3;1-4,8-9H;2-3H,1H3;;1H4. The van der Waals surface area contributed by atoms with Gasteiger partial charge in [0.05, 0.1) is 66.1 Å². The van der Waals surface area contributed by atoms with Crippen LogP contribution in [0.5, 0.6) is 23.0 Å². The first-order chi connectivity index (χ1) is 45.1. The summed E-state index contributed by atoms with van der Waals surface area (Å²) in [5, 5.41) is 29.2. The molecule has 1 radical (unpaired) electrons. The Labute approximate surface area is 583 Å². The second-order valence-corrected chi connectivity index (χ2v) is 26.0. The number of primary amides is 1. The molecule has 1 amide bonds. The van der Waals surface area contributed by atoms with Crippen LogP contribution in [0, 0.1) is 27.7 Å². The third-order valence-corrected chi connectivity index (χ3v) is 17.5. The minimum Gasteiger partial charge on any atom is -0.535 e. The summed E-state index contributed by atoms with van der Waals surface area (Å²) in [5.74, 6) is -0.503. The Kier molecular flexibility index (Phi) is 29.3. The number of halogens is 14. The number of carbonyl (C=O) groups excluding carboxylic acids is 1. The van der Waals surface area contributed by atoms with Gasteiger partial charge in [-0.25, -0.2) is 9.97 Å². The number of imidazole rings is 1. The number of amides is 1. The molecular formula is C60H49BBrCl4F9N7O13S3. The van der Waals surface area contributed by atoms with E-state index in [1.54, 1.807) is 53.8 Å². The third-order valence-electron chi connectivity index (χ3n) is 11.9. The van der Waals surface area contributed by atoms with E-state index in [-0.39, 0.29) is 35.9 Å². The van der Waals surface area contributed by atoms with Crippen LogP contribution >= 0.6 is 62.3 Å². The van der Waals surface area contributed by atoms with Crippen molar-refractivity contribution in [2.75, 3.05) is 0 Å². The highest BCUT2D eigenvalue weighted by molar-refractivity contribution is 9.10. The fourth-order valence-electron chi connectivity index (χ4n) is 7.29. The first kappa shape index (κ1) is 82.1. The fraction of sp³-hybridized carbons (Fsp3) is 0.133. The molecule has 10 aromatic rings. The lowest BCUT2D eigenvalue weighted by atomic mass is 9.98. The van der Waals surface area contributed by atoms with E-state index in [0.717, 1.165) is 61.4 Å². The Morgan fingerprint density at radius 1 is 0.510 bits per heavy atom. The highest BCUT2D eigenvalue weighted by Crippen LogP contribution is 2.37. The van der Waals surface area contributed by atoms with Crippen molar-refractivity contribution in [3.63, 3.8) is 0 Å². The largest absolute Gasteiger partial charge is 0.569 e. The zero-order valence-electron chi connectivity index (χ0n) is 49.4. The monoisotopic (exact) mass is 1570 g/mol. The van der Waals surface area contributed by atoms with E-state index in [4.69, 9.17) is 62.3 Å². The Morgan fingerprint density at radius 3 is 1.32 bits per heavy atom. The van der Waals surface area contributed by atoms with Crippen molar-refractivity contribution in [1.82, 2.24) is 29.3 Å². The number of aryl methyl sites for hydroxylation is 4. The van der Waals surface area contributed by atoms with Gasteiger partial charge in [-0.15, -0.1) is 3.63 Å². The fourth-order valence-corrected chi connectivity index (χ4v) is 10.1. The van der Waals surface area contributed by atoms with Crippen molar-refractivity contribution in [2.45, 2.75) is 51.6 Å². The Morgan fingerprint density at radius 2 is 0.898 bits per heavy atom. The molecule has 38 heteroatoms. The lowest BCUT2D eigenvalue weighted by Crippen LogP contribution is -2.34. The molecule has 0 bridgehead atoms. The van der Waals surface area contributed by atoms with Crippen molar-refractivity contribution in [2.24, 2.45) is 5.73 Å². The van der Waals surface area contributed by atoms with Crippen molar-refractivity contribution in [3.8, 4) is 67.9 Å². The Bertz CT molecular complexity index is 4760. The van der Waals surface area contributed by atoms with E-state index in [0.29, 0.717) is 44.8 Å². The van der Waals surface area contributed by atoms with Gasteiger partial charge in [-0.1, -0.05) is 114 Å². The summed E-state index contributed by atoms with van der Waals surface area (Å²) in [7, 11) is -18.9. The van der Waals surface area contributed by atoms with E-state index < -0.39 is 58.5 Å². The van der Waals surface area contributed by atoms with Crippen molar-refractivity contribution in [3.05, 3.63) is 223 Å². The Balaban J connectivity index is 0.000000259. The first-order valence-corrected chi connectivity index (χ1v) is 32.8. The summed E-state index contributed by atoms with van der Waals surface area (Å²) < 4.78 is 181. The zero-order chi connectivity index (χ0) is 72.6. The first-order valence-electron chi connectivity index (χ1n) is 26.3. The van der Waals surface area contributed by atoms with Crippen LogP contribution in [0.3, 0.4) is 0 Å².